The van der Waals surface area contributed by atoms with Crippen molar-refractivity contribution >= 4 is 5.97 Å². The summed E-state index contributed by atoms with van der Waals surface area (Å²) in [6.45, 7) is 4.50. The Morgan fingerprint density at radius 1 is 1.56 bits per heavy atom. The molecule has 1 heterocycles. The Balaban J connectivity index is 0.000000281. The third-order valence-electron chi connectivity index (χ3n) is 1.50. The predicted molar refractivity (Wildman–Crippen MR) is 60.3 cm³/mol. The highest BCUT2D eigenvalue weighted by Gasteiger charge is 2.04. The lowest BCUT2D eigenvalue weighted by Crippen LogP contribution is -2.45. The molecule has 0 saturated carbocycles. The molecule has 0 atom stereocenters. The van der Waals surface area contributed by atoms with Gasteiger partial charge in [-0.25, -0.2) is 4.98 Å². The van der Waals surface area contributed by atoms with Crippen molar-refractivity contribution in [3.8, 4) is 0 Å². The average Bonchev–Trinajstić information content (AvgIpc) is 2.53. The van der Waals surface area contributed by atoms with E-state index in [1.807, 2.05) is 16.8 Å². The predicted octanol–water partition coefficient (Wildman–Crippen LogP) is -0.488. The maximum Gasteiger partial charge on any atom is 0.118 e. The molecule has 1 aromatic heterocycles. The number of likely N-dealkylation sites (N-methyl/N-ethyl adjacent to an activating group) is 1. The number of aliphatic carboxylic acids is 1. The molecule has 90 valence electrons. The van der Waals surface area contributed by atoms with Crippen LogP contribution in [0.4, 0.5) is 0 Å². The van der Waals surface area contributed by atoms with Crippen LogP contribution in [0, 0.1) is 0 Å². The normalized spacial score (nSPS) is 10.2. The molecule has 0 saturated heterocycles. The van der Waals surface area contributed by atoms with Crippen LogP contribution in [-0.4, -0.2) is 47.7 Å². The number of carbonyl (C=O) groups is 1. The topological polar surface area (TPSA) is 58.0 Å². The van der Waals surface area contributed by atoms with E-state index < -0.39 is 5.97 Å². The van der Waals surface area contributed by atoms with Gasteiger partial charge in [-0.1, -0.05) is 6.08 Å². The highest BCUT2D eigenvalue weighted by molar-refractivity contribution is 5.65. The lowest BCUT2D eigenvalue weighted by atomic mass is 10.5. The van der Waals surface area contributed by atoms with Gasteiger partial charge < -0.3 is 19.0 Å². The minimum Gasteiger partial charge on any atom is -0.544 e. The highest BCUT2D eigenvalue weighted by atomic mass is 16.4. The summed E-state index contributed by atoms with van der Waals surface area (Å²) < 4.78 is 2.37. The third-order valence-corrected chi connectivity index (χ3v) is 1.50. The van der Waals surface area contributed by atoms with E-state index in [2.05, 4.69) is 11.6 Å². The van der Waals surface area contributed by atoms with Crippen LogP contribution in [-0.2, 0) is 11.3 Å². The smallest absolute Gasteiger partial charge is 0.118 e. The average molecular weight is 225 g/mol. The maximum absolute atomic E-state index is 9.89. The first-order valence-electron chi connectivity index (χ1n) is 4.92. The summed E-state index contributed by atoms with van der Waals surface area (Å²) in [5, 5.41) is 9.89. The Morgan fingerprint density at radius 3 is 2.44 bits per heavy atom. The van der Waals surface area contributed by atoms with Crippen molar-refractivity contribution in [1.29, 1.82) is 0 Å². The summed E-state index contributed by atoms with van der Waals surface area (Å²) >= 11 is 0. The minimum absolute atomic E-state index is 0.0694. The van der Waals surface area contributed by atoms with Crippen molar-refractivity contribution in [3.63, 3.8) is 0 Å². The van der Waals surface area contributed by atoms with Gasteiger partial charge in [-0.3, -0.25) is 0 Å². The fraction of sp³-hybridized carbons (Fsp3) is 0.455. The van der Waals surface area contributed by atoms with Crippen LogP contribution in [0.1, 0.15) is 0 Å². The summed E-state index contributed by atoms with van der Waals surface area (Å²) in [6.07, 6.45) is 7.26. The van der Waals surface area contributed by atoms with Gasteiger partial charge in [-0.2, -0.15) is 0 Å². The molecule has 0 amide bonds. The molecular weight excluding hydrogens is 206 g/mol. The quantitative estimate of drug-likeness (QED) is 0.513. The molecule has 0 bridgehead atoms. The number of hydrogen-bond donors (Lipinski definition) is 0. The molecule has 0 spiro atoms. The lowest BCUT2D eigenvalue weighted by Gasteiger charge is -2.23. The zero-order valence-electron chi connectivity index (χ0n) is 10.1. The zero-order valence-corrected chi connectivity index (χ0v) is 10.1. The molecule has 0 aliphatic rings. The molecule has 5 heteroatoms. The molecule has 0 aliphatic carbocycles. The number of hydrogen-bond acceptors (Lipinski definition) is 3. The number of quaternary nitrogens is 1. The second-order valence-corrected chi connectivity index (χ2v) is 4.37. The number of imidazole rings is 1. The fourth-order valence-electron chi connectivity index (χ4n) is 0.931. The van der Waals surface area contributed by atoms with E-state index in [1.54, 1.807) is 33.7 Å². The fourth-order valence-corrected chi connectivity index (χ4v) is 0.931. The van der Waals surface area contributed by atoms with Gasteiger partial charge in [0.15, 0.2) is 0 Å². The Bertz CT molecular complexity index is 312. The number of carbonyl (C=O) groups excluding carboxylic acids is 1. The first kappa shape index (κ1) is 14.4. The molecule has 0 aromatic carbocycles. The van der Waals surface area contributed by atoms with E-state index in [0.717, 1.165) is 6.54 Å². The van der Waals surface area contributed by atoms with Gasteiger partial charge in [0.1, 0.15) is 6.54 Å². The van der Waals surface area contributed by atoms with Crippen LogP contribution in [0.5, 0.6) is 0 Å². The van der Waals surface area contributed by atoms with E-state index in [9.17, 15) is 9.90 Å². The lowest BCUT2D eigenvalue weighted by molar-refractivity contribution is -0.864. The number of carboxylic acid groups (broad SMARTS) is 1. The number of aromatic nitrogens is 2. The van der Waals surface area contributed by atoms with E-state index in [-0.39, 0.29) is 6.54 Å². The first-order chi connectivity index (χ1) is 7.35. The van der Waals surface area contributed by atoms with Gasteiger partial charge in [0.05, 0.1) is 33.4 Å². The summed E-state index contributed by atoms with van der Waals surface area (Å²) in [5.74, 6) is -1.00. The van der Waals surface area contributed by atoms with E-state index in [4.69, 9.17) is 0 Å². The van der Waals surface area contributed by atoms with Crippen molar-refractivity contribution in [1.82, 2.24) is 9.55 Å². The summed E-state index contributed by atoms with van der Waals surface area (Å²) in [5.41, 5.74) is 0. The first-order valence-corrected chi connectivity index (χ1v) is 4.92. The Kier molecular flexibility index (Phi) is 6.10. The molecule has 0 radical (unpaired) electrons. The van der Waals surface area contributed by atoms with Crippen molar-refractivity contribution in [2.75, 3.05) is 27.7 Å². The number of nitrogens with zero attached hydrogens (tertiary/aromatic N) is 3. The van der Waals surface area contributed by atoms with E-state index in [0.29, 0.717) is 4.48 Å². The standard InChI is InChI=1S/C6H8N2.C5H11NO2/c1-2-4-8-5-3-7-6-8;1-6(2,3)4-5(7)8/h2-3,5-6H,1,4H2;4H2,1-3H3. The van der Waals surface area contributed by atoms with Crippen LogP contribution in [0.15, 0.2) is 31.4 Å². The van der Waals surface area contributed by atoms with Gasteiger partial charge in [0.25, 0.3) is 0 Å². The second-order valence-electron chi connectivity index (χ2n) is 4.37. The minimum atomic E-state index is -1.00. The molecule has 0 fully saturated rings. The van der Waals surface area contributed by atoms with Gasteiger partial charge in [0.2, 0.25) is 0 Å². The summed E-state index contributed by atoms with van der Waals surface area (Å²) in [7, 11) is 5.40. The van der Waals surface area contributed by atoms with Crippen molar-refractivity contribution < 1.29 is 14.4 Å². The van der Waals surface area contributed by atoms with Gasteiger partial charge in [0, 0.05) is 18.9 Å². The maximum atomic E-state index is 9.89. The molecule has 16 heavy (non-hydrogen) atoms. The monoisotopic (exact) mass is 225 g/mol. The highest BCUT2D eigenvalue weighted by Crippen LogP contribution is 1.85. The van der Waals surface area contributed by atoms with E-state index >= 15 is 0 Å². The second kappa shape index (κ2) is 6.79. The Hall–Kier alpha value is -1.62. The van der Waals surface area contributed by atoms with Crippen molar-refractivity contribution in [2.45, 2.75) is 6.54 Å². The molecule has 1 aromatic rings. The van der Waals surface area contributed by atoms with Crippen LogP contribution < -0.4 is 5.11 Å². The van der Waals surface area contributed by atoms with Gasteiger partial charge >= 0.3 is 0 Å². The molecule has 1 rings (SSSR count). The van der Waals surface area contributed by atoms with Gasteiger partial charge in [-0.05, 0) is 0 Å². The third kappa shape index (κ3) is 8.96. The SMILES string of the molecule is C=CCn1ccnc1.C[N+](C)(C)CC(=O)[O-]. The zero-order chi connectivity index (χ0) is 12.6. The van der Waals surface area contributed by atoms with Crippen LogP contribution >= 0.6 is 0 Å². The molecule has 0 unspecified atom stereocenters. The van der Waals surface area contributed by atoms with Crippen LogP contribution in [0.2, 0.25) is 0 Å². The van der Waals surface area contributed by atoms with Crippen molar-refractivity contribution in [3.05, 3.63) is 31.4 Å². The summed E-state index contributed by atoms with van der Waals surface area (Å²) in [4.78, 5) is 13.7. The Morgan fingerprint density at radius 2 is 2.19 bits per heavy atom. The molecule has 0 aliphatic heterocycles. The van der Waals surface area contributed by atoms with Crippen LogP contribution in [0.3, 0.4) is 0 Å². The van der Waals surface area contributed by atoms with Crippen molar-refractivity contribution in [2.24, 2.45) is 0 Å². The number of allylic oxidation sites excluding steroid dienone is 1. The number of rotatable bonds is 4. The van der Waals surface area contributed by atoms with Crippen LogP contribution in [0.25, 0.3) is 0 Å². The van der Waals surface area contributed by atoms with E-state index in [1.165, 1.54) is 0 Å². The molecule has 5 nitrogen and oxygen atoms in total. The molecule has 0 N–H and O–H groups in total. The molecular formula is C11H19N3O2. The van der Waals surface area contributed by atoms with Gasteiger partial charge in [-0.15, -0.1) is 6.58 Å². The Labute approximate surface area is 96.2 Å². The largest absolute Gasteiger partial charge is 0.544 e. The number of carboxylic acids is 1. The summed E-state index contributed by atoms with van der Waals surface area (Å²) in [6, 6.07) is 0.